The average molecular weight is 282 g/mol. The van der Waals surface area contributed by atoms with E-state index in [0.717, 1.165) is 32.5 Å². The van der Waals surface area contributed by atoms with Gasteiger partial charge in [-0.15, -0.1) is 0 Å². The number of nitrogens with zero attached hydrogens (tertiary/aromatic N) is 1. The standard InChI is InChI=1S/C19H26N2/c1-20-14-12-18-8-10-19(11-9-18)16-21(2)15-13-17-6-4-3-5-7-17/h3-11,20H,12-16H2,1-2H3. The van der Waals surface area contributed by atoms with E-state index in [2.05, 4.69) is 71.9 Å². The molecule has 0 fully saturated rings. The van der Waals surface area contributed by atoms with Gasteiger partial charge in [0.25, 0.3) is 0 Å². The summed E-state index contributed by atoms with van der Waals surface area (Å²) >= 11 is 0. The molecule has 2 rings (SSSR count). The molecule has 0 aliphatic heterocycles. The Morgan fingerprint density at radius 1 is 0.810 bits per heavy atom. The van der Waals surface area contributed by atoms with Gasteiger partial charge in [0.15, 0.2) is 0 Å². The molecule has 0 spiro atoms. The van der Waals surface area contributed by atoms with E-state index in [1.165, 1.54) is 16.7 Å². The van der Waals surface area contributed by atoms with Crippen LogP contribution in [-0.4, -0.2) is 32.1 Å². The molecular formula is C19H26N2. The molecule has 0 amide bonds. The summed E-state index contributed by atoms with van der Waals surface area (Å²) < 4.78 is 0. The van der Waals surface area contributed by atoms with Crippen LogP contribution in [0.15, 0.2) is 54.6 Å². The molecule has 1 N–H and O–H groups in total. The number of benzene rings is 2. The van der Waals surface area contributed by atoms with E-state index in [0.29, 0.717) is 0 Å². The van der Waals surface area contributed by atoms with Gasteiger partial charge in [-0.1, -0.05) is 54.6 Å². The summed E-state index contributed by atoms with van der Waals surface area (Å²) in [6.45, 7) is 3.14. The molecule has 2 heteroatoms. The highest BCUT2D eigenvalue weighted by Crippen LogP contribution is 2.08. The largest absolute Gasteiger partial charge is 0.319 e. The Bertz CT molecular complexity index is 505. The van der Waals surface area contributed by atoms with Gasteiger partial charge in [0, 0.05) is 13.1 Å². The number of hydrogen-bond donors (Lipinski definition) is 1. The number of rotatable bonds is 8. The second-order valence-electron chi connectivity index (χ2n) is 5.64. The van der Waals surface area contributed by atoms with Gasteiger partial charge >= 0.3 is 0 Å². The Hall–Kier alpha value is -1.64. The molecule has 2 aromatic carbocycles. The van der Waals surface area contributed by atoms with Crippen molar-refractivity contribution in [2.75, 3.05) is 27.2 Å². The zero-order chi connectivity index (χ0) is 14.9. The predicted octanol–water partition coefficient (Wildman–Crippen LogP) is 3.12. The first-order valence-corrected chi connectivity index (χ1v) is 7.73. The maximum absolute atomic E-state index is 3.19. The first-order valence-electron chi connectivity index (χ1n) is 7.73. The normalized spacial score (nSPS) is 11.0. The number of nitrogens with one attached hydrogen (secondary N) is 1. The average Bonchev–Trinajstić information content (AvgIpc) is 2.53. The maximum Gasteiger partial charge on any atom is 0.0230 e. The topological polar surface area (TPSA) is 15.3 Å². The molecule has 0 aliphatic rings. The monoisotopic (exact) mass is 282 g/mol. The van der Waals surface area contributed by atoms with Crippen LogP contribution < -0.4 is 5.32 Å². The molecular weight excluding hydrogens is 256 g/mol. The minimum Gasteiger partial charge on any atom is -0.319 e. The van der Waals surface area contributed by atoms with Gasteiger partial charge in [0.2, 0.25) is 0 Å². The number of likely N-dealkylation sites (N-methyl/N-ethyl adjacent to an activating group) is 2. The summed E-state index contributed by atoms with van der Waals surface area (Å²) in [5.74, 6) is 0. The molecule has 2 nitrogen and oxygen atoms in total. The van der Waals surface area contributed by atoms with Crippen LogP contribution in [0, 0.1) is 0 Å². The van der Waals surface area contributed by atoms with Crippen molar-refractivity contribution < 1.29 is 0 Å². The Kier molecular flexibility index (Phi) is 6.45. The van der Waals surface area contributed by atoms with Gasteiger partial charge in [-0.25, -0.2) is 0 Å². The molecule has 0 aromatic heterocycles. The quantitative estimate of drug-likeness (QED) is 0.800. The molecule has 0 saturated carbocycles. The molecule has 0 aliphatic carbocycles. The first kappa shape index (κ1) is 15.7. The molecule has 0 radical (unpaired) electrons. The van der Waals surface area contributed by atoms with Crippen molar-refractivity contribution in [3.05, 3.63) is 71.3 Å². The summed E-state index contributed by atoms with van der Waals surface area (Å²) in [5.41, 5.74) is 4.20. The smallest absolute Gasteiger partial charge is 0.0230 e. The summed E-state index contributed by atoms with van der Waals surface area (Å²) in [6, 6.07) is 19.7. The van der Waals surface area contributed by atoms with E-state index in [1.807, 2.05) is 7.05 Å². The summed E-state index contributed by atoms with van der Waals surface area (Å²) in [7, 11) is 4.19. The van der Waals surface area contributed by atoms with Crippen molar-refractivity contribution in [1.29, 1.82) is 0 Å². The molecule has 2 aromatic rings. The lowest BCUT2D eigenvalue weighted by Gasteiger charge is -2.17. The van der Waals surface area contributed by atoms with Gasteiger partial charge in [-0.05, 0) is 50.2 Å². The zero-order valence-electron chi connectivity index (χ0n) is 13.2. The second-order valence-corrected chi connectivity index (χ2v) is 5.64. The van der Waals surface area contributed by atoms with Gasteiger partial charge in [-0.2, -0.15) is 0 Å². The molecule has 0 bridgehead atoms. The number of hydrogen-bond acceptors (Lipinski definition) is 2. The molecule has 0 heterocycles. The highest BCUT2D eigenvalue weighted by Gasteiger charge is 2.01. The van der Waals surface area contributed by atoms with Crippen molar-refractivity contribution >= 4 is 0 Å². The van der Waals surface area contributed by atoms with Crippen molar-refractivity contribution in [3.63, 3.8) is 0 Å². The zero-order valence-corrected chi connectivity index (χ0v) is 13.2. The lowest BCUT2D eigenvalue weighted by molar-refractivity contribution is 0.331. The summed E-state index contributed by atoms with van der Waals surface area (Å²) in [4.78, 5) is 2.38. The van der Waals surface area contributed by atoms with E-state index in [-0.39, 0.29) is 0 Å². The second kappa shape index (κ2) is 8.60. The highest BCUT2D eigenvalue weighted by atomic mass is 15.1. The lowest BCUT2D eigenvalue weighted by atomic mass is 10.1. The van der Waals surface area contributed by atoms with Crippen molar-refractivity contribution in [3.8, 4) is 0 Å². The highest BCUT2D eigenvalue weighted by molar-refractivity contribution is 5.23. The predicted molar refractivity (Wildman–Crippen MR) is 90.6 cm³/mol. The van der Waals surface area contributed by atoms with E-state index in [1.54, 1.807) is 0 Å². The first-order chi connectivity index (χ1) is 10.3. The van der Waals surface area contributed by atoms with Gasteiger partial charge in [-0.3, -0.25) is 0 Å². The summed E-state index contributed by atoms with van der Waals surface area (Å²) in [6.07, 6.45) is 2.21. The lowest BCUT2D eigenvalue weighted by Crippen LogP contribution is -2.20. The summed E-state index contributed by atoms with van der Waals surface area (Å²) in [5, 5.41) is 3.19. The fraction of sp³-hybridized carbons (Fsp3) is 0.368. The van der Waals surface area contributed by atoms with Gasteiger partial charge in [0.05, 0.1) is 0 Å². The minimum atomic E-state index is 1.01. The molecule has 112 valence electrons. The van der Waals surface area contributed by atoms with Gasteiger partial charge < -0.3 is 10.2 Å². The van der Waals surface area contributed by atoms with Crippen molar-refractivity contribution in [2.45, 2.75) is 19.4 Å². The molecule has 0 unspecified atom stereocenters. The van der Waals surface area contributed by atoms with Crippen molar-refractivity contribution in [1.82, 2.24) is 10.2 Å². The Morgan fingerprint density at radius 2 is 1.43 bits per heavy atom. The third-order valence-corrected chi connectivity index (χ3v) is 3.76. The van der Waals surface area contributed by atoms with Crippen LogP contribution in [-0.2, 0) is 19.4 Å². The SMILES string of the molecule is CNCCc1ccc(CN(C)CCc2ccccc2)cc1. The van der Waals surface area contributed by atoms with Crippen LogP contribution >= 0.6 is 0 Å². The van der Waals surface area contributed by atoms with Gasteiger partial charge in [0.1, 0.15) is 0 Å². The van der Waals surface area contributed by atoms with Crippen LogP contribution in [0.1, 0.15) is 16.7 Å². The fourth-order valence-corrected chi connectivity index (χ4v) is 2.44. The van der Waals surface area contributed by atoms with E-state index >= 15 is 0 Å². The van der Waals surface area contributed by atoms with Crippen LogP contribution in [0.5, 0.6) is 0 Å². The maximum atomic E-state index is 3.19. The Morgan fingerprint density at radius 3 is 2.10 bits per heavy atom. The Balaban J connectivity index is 1.78. The van der Waals surface area contributed by atoms with E-state index in [4.69, 9.17) is 0 Å². The minimum absolute atomic E-state index is 1.01. The third kappa shape index (κ3) is 5.70. The van der Waals surface area contributed by atoms with E-state index in [9.17, 15) is 0 Å². The molecule has 0 saturated heterocycles. The molecule has 0 atom stereocenters. The molecule has 21 heavy (non-hydrogen) atoms. The van der Waals surface area contributed by atoms with Crippen LogP contribution in [0.25, 0.3) is 0 Å². The van der Waals surface area contributed by atoms with Crippen molar-refractivity contribution in [2.24, 2.45) is 0 Å². The van der Waals surface area contributed by atoms with Crippen LogP contribution in [0.4, 0.5) is 0 Å². The van der Waals surface area contributed by atoms with Crippen LogP contribution in [0.3, 0.4) is 0 Å². The third-order valence-electron chi connectivity index (χ3n) is 3.76. The Labute approximate surface area is 128 Å². The fourth-order valence-electron chi connectivity index (χ4n) is 2.44. The van der Waals surface area contributed by atoms with Crippen LogP contribution in [0.2, 0.25) is 0 Å². The van der Waals surface area contributed by atoms with E-state index < -0.39 is 0 Å².